The van der Waals surface area contributed by atoms with Crippen LogP contribution in [0.1, 0.15) is 32.1 Å². The molecule has 7 heteroatoms. The SMILES string of the molecule is C=C[C@H](COCC1CCCCC1)N(C(=O)C(F)(F)F)c1ccc(OC)cc1. The zero-order chi connectivity index (χ0) is 19.9. The molecule has 4 nitrogen and oxygen atoms in total. The van der Waals surface area contributed by atoms with Gasteiger partial charge in [0.05, 0.1) is 19.8 Å². The largest absolute Gasteiger partial charge is 0.497 e. The van der Waals surface area contributed by atoms with Crippen LogP contribution in [0.25, 0.3) is 0 Å². The fourth-order valence-electron chi connectivity index (χ4n) is 3.30. The highest BCUT2D eigenvalue weighted by Crippen LogP contribution is 2.28. The maximum Gasteiger partial charge on any atom is 0.471 e. The fraction of sp³-hybridized carbons (Fsp3) is 0.550. The Kier molecular flexibility index (Phi) is 7.71. The van der Waals surface area contributed by atoms with Crippen molar-refractivity contribution in [3.8, 4) is 5.75 Å². The number of rotatable bonds is 8. The predicted molar refractivity (Wildman–Crippen MR) is 97.9 cm³/mol. The third-order valence-electron chi connectivity index (χ3n) is 4.78. The molecule has 1 saturated carbocycles. The number of nitrogens with zero attached hydrogens (tertiary/aromatic N) is 1. The molecule has 27 heavy (non-hydrogen) atoms. The minimum Gasteiger partial charge on any atom is -0.497 e. The predicted octanol–water partition coefficient (Wildman–Crippen LogP) is 4.74. The Morgan fingerprint density at radius 1 is 1.26 bits per heavy atom. The molecule has 1 fully saturated rings. The molecule has 0 saturated heterocycles. The van der Waals surface area contributed by atoms with Crippen molar-refractivity contribution in [1.82, 2.24) is 0 Å². The van der Waals surface area contributed by atoms with E-state index in [2.05, 4.69) is 6.58 Å². The van der Waals surface area contributed by atoms with Crippen LogP contribution in [0.2, 0.25) is 0 Å². The lowest BCUT2D eigenvalue weighted by molar-refractivity contribution is -0.171. The minimum atomic E-state index is -5.00. The zero-order valence-corrected chi connectivity index (χ0v) is 15.5. The number of methoxy groups -OCH3 is 1. The van der Waals surface area contributed by atoms with E-state index in [0.717, 1.165) is 25.7 Å². The molecule has 0 unspecified atom stereocenters. The van der Waals surface area contributed by atoms with Crippen LogP contribution >= 0.6 is 0 Å². The molecule has 1 aromatic rings. The van der Waals surface area contributed by atoms with Gasteiger partial charge in [-0.1, -0.05) is 25.3 Å². The highest BCUT2D eigenvalue weighted by atomic mass is 19.4. The van der Waals surface area contributed by atoms with Gasteiger partial charge in [0.1, 0.15) is 5.75 Å². The van der Waals surface area contributed by atoms with E-state index in [-0.39, 0.29) is 12.3 Å². The highest BCUT2D eigenvalue weighted by molar-refractivity contribution is 5.98. The maximum atomic E-state index is 13.1. The van der Waals surface area contributed by atoms with E-state index in [1.54, 1.807) is 0 Å². The van der Waals surface area contributed by atoms with Gasteiger partial charge < -0.3 is 9.47 Å². The van der Waals surface area contributed by atoms with E-state index in [0.29, 0.717) is 23.2 Å². The van der Waals surface area contributed by atoms with Crippen molar-refractivity contribution in [2.75, 3.05) is 25.2 Å². The fourth-order valence-corrected chi connectivity index (χ4v) is 3.30. The third kappa shape index (κ3) is 5.99. The minimum absolute atomic E-state index is 0.0339. The van der Waals surface area contributed by atoms with E-state index in [4.69, 9.17) is 9.47 Å². The Morgan fingerprint density at radius 3 is 2.41 bits per heavy atom. The van der Waals surface area contributed by atoms with Gasteiger partial charge in [0, 0.05) is 12.3 Å². The average molecular weight is 385 g/mol. The van der Waals surface area contributed by atoms with Crippen molar-refractivity contribution in [3.05, 3.63) is 36.9 Å². The molecule has 1 amide bonds. The summed E-state index contributed by atoms with van der Waals surface area (Å²) in [5.41, 5.74) is 0.115. The molecule has 1 atom stereocenters. The summed E-state index contributed by atoms with van der Waals surface area (Å²) < 4.78 is 50.2. The van der Waals surface area contributed by atoms with Gasteiger partial charge in [-0.15, -0.1) is 6.58 Å². The molecule has 150 valence electrons. The number of anilines is 1. The second-order valence-corrected chi connectivity index (χ2v) is 6.72. The van der Waals surface area contributed by atoms with Gasteiger partial charge in [-0.25, -0.2) is 0 Å². The van der Waals surface area contributed by atoms with Crippen LogP contribution in [0.4, 0.5) is 18.9 Å². The zero-order valence-electron chi connectivity index (χ0n) is 15.5. The smallest absolute Gasteiger partial charge is 0.471 e. The molecule has 1 aromatic carbocycles. The van der Waals surface area contributed by atoms with Crippen LogP contribution in [0, 0.1) is 5.92 Å². The molecule has 0 aliphatic heterocycles. The monoisotopic (exact) mass is 385 g/mol. The summed E-state index contributed by atoms with van der Waals surface area (Å²) >= 11 is 0. The molecule has 1 aliphatic carbocycles. The van der Waals surface area contributed by atoms with Crippen molar-refractivity contribution in [3.63, 3.8) is 0 Å². The summed E-state index contributed by atoms with van der Waals surface area (Å²) in [6.07, 6.45) is 1.99. The summed E-state index contributed by atoms with van der Waals surface area (Å²) in [7, 11) is 1.46. The van der Waals surface area contributed by atoms with Gasteiger partial charge in [0.2, 0.25) is 0 Å². The van der Waals surface area contributed by atoms with E-state index in [1.165, 1.54) is 43.9 Å². The maximum absolute atomic E-state index is 13.1. The lowest BCUT2D eigenvalue weighted by Gasteiger charge is -2.31. The van der Waals surface area contributed by atoms with Crippen LogP contribution in [-0.4, -0.2) is 38.4 Å². The van der Waals surface area contributed by atoms with Crippen LogP contribution in [0.5, 0.6) is 5.75 Å². The van der Waals surface area contributed by atoms with Crippen molar-refractivity contribution in [2.24, 2.45) is 5.92 Å². The summed E-state index contributed by atoms with van der Waals surface area (Å²) in [4.78, 5) is 12.7. The first-order valence-corrected chi connectivity index (χ1v) is 9.11. The summed E-state index contributed by atoms with van der Waals surface area (Å²) in [6.45, 7) is 4.06. The van der Waals surface area contributed by atoms with E-state index in [1.807, 2.05) is 0 Å². The molecular formula is C20H26F3NO3. The van der Waals surface area contributed by atoms with Crippen molar-refractivity contribution in [1.29, 1.82) is 0 Å². The number of benzene rings is 1. The Balaban J connectivity index is 2.13. The van der Waals surface area contributed by atoms with Gasteiger partial charge in [-0.05, 0) is 43.0 Å². The molecule has 1 aliphatic rings. The number of halogens is 3. The first-order chi connectivity index (χ1) is 12.9. The topological polar surface area (TPSA) is 38.8 Å². The first-order valence-electron chi connectivity index (χ1n) is 9.11. The molecule has 0 radical (unpaired) electrons. The number of ether oxygens (including phenoxy) is 2. The highest BCUT2D eigenvalue weighted by Gasteiger charge is 2.45. The van der Waals surface area contributed by atoms with Gasteiger partial charge in [-0.2, -0.15) is 13.2 Å². The first kappa shape index (κ1) is 21.3. The summed E-state index contributed by atoms with van der Waals surface area (Å²) in [6, 6.07) is 4.93. The van der Waals surface area contributed by atoms with E-state index < -0.39 is 18.1 Å². The third-order valence-corrected chi connectivity index (χ3v) is 4.78. The van der Waals surface area contributed by atoms with Crippen LogP contribution in [0.3, 0.4) is 0 Å². The summed E-state index contributed by atoms with van der Waals surface area (Å²) in [5.74, 6) is -1.03. The molecule has 0 bridgehead atoms. The molecule has 2 rings (SSSR count). The number of alkyl halides is 3. The second kappa shape index (κ2) is 9.78. The normalized spacial score (nSPS) is 16.6. The second-order valence-electron chi connectivity index (χ2n) is 6.72. The lowest BCUT2D eigenvalue weighted by atomic mass is 9.90. The lowest BCUT2D eigenvalue weighted by Crippen LogP contribution is -2.48. The van der Waals surface area contributed by atoms with Crippen LogP contribution in [0.15, 0.2) is 36.9 Å². The molecule has 0 spiro atoms. The number of carbonyl (C=O) groups excluding carboxylic acids is 1. The Hall–Kier alpha value is -2.02. The summed E-state index contributed by atoms with van der Waals surface area (Å²) in [5, 5.41) is 0. The number of carbonyl (C=O) groups is 1. The van der Waals surface area contributed by atoms with Gasteiger partial charge in [0.15, 0.2) is 0 Å². The van der Waals surface area contributed by atoms with Crippen molar-refractivity contribution < 1.29 is 27.4 Å². The van der Waals surface area contributed by atoms with Crippen LogP contribution < -0.4 is 9.64 Å². The van der Waals surface area contributed by atoms with E-state index in [9.17, 15) is 18.0 Å². The van der Waals surface area contributed by atoms with Gasteiger partial charge >= 0.3 is 12.1 Å². The molecule has 0 aromatic heterocycles. The Labute approximate surface area is 157 Å². The Bertz CT molecular complexity index is 610. The molecule has 0 N–H and O–H groups in total. The number of hydrogen-bond acceptors (Lipinski definition) is 3. The van der Waals surface area contributed by atoms with Crippen LogP contribution in [-0.2, 0) is 9.53 Å². The van der Waals surface area contributed by atoms with Gasteiger partial charge in [-0.3, -0.25) is 9.69 Å². The number of amides is 1. The quantitative estimate of drug-likeness (QED) is 0.607. The standard InChI is InChI=1S/C20H26F3NO3/c1-3-16(14-27-13-15-7-5-4-6-8-15)24(19(25)20(21,22)23)17-9-11-18(26-2)12-10-17/h3,9-12,15-16H,1,4-8,13-14H2,2H3/t16-/m1/s1. The van der Waals surface area contributed by atoms with Crippen molar-refractivity contribution >= 4 is 11.6 Å². The van der Waals surface area contributed by atoms with E-state index >= 15 is 0 Å². The molecular weight excluding hydrogens is 359 g/mol. The van der Waals surface area contributed by atoms with Gasteiger partial charge in [0.25, 0.3) is 0 Å². The average Bonchev–Trinajstić information content (AvgIpc) is 2.67. The Morgan fingerprint density at radius 2 is 1.89 bits per heavy atom. The molecule has 0 heterocycles. The number of hydrogen-bond donors (Lipinski definition) is 0. The van der Waals surface area contributed by atoms with Crippen molar-refractivity contribution in [2.45, 2.75) is 44.3 Å².